The molecule has 10 heavy (non-hydrogen) atoms. The monoisotopic (exact) mass is 272 g/mol. The highest BCUT2D eigenvalue weighted by Crippen LogP contribution is 2.13. The van der Waals surface area contributed by atoms with Crippen LogP contribution >= 0.6 is 31.9 Å². The van der Waals surface area contributed by atoms with Gasteiger partial charge in [-0.05, 0) is 12.8 Å². The summed E-state index contributed by atoms with van der Waals surface area (Å²) >= 11 is 6.69. The molecular weight excluding hydrogens is 260 g/mol. The van der Waals surface area contributed by atoms with Crippen molar-refractivity contribution in [1.82, 2.24) is 0 Å². The van der Waals surface area contributed by atoms with Crippen molar-refractivity contribution < 1.29 is 0 Å². The number of nitrogens with two attached hydrogens (primary N) is 2. The Morgan fingerprint density at radius 2 is 1.50 bits per heavy atom. The van der Waals surface area contributed by atoms with Gasteiger partial charge in [0.15, 0.2) is 0 Å². The van der Waals surface area contributed by atoms with Gasteiger partial charge in [-0.1, -0.05) is 31.9 Å². The van der Waals surface area contributed by atoms with E-state index in [4.69, 9.17) is 11.5 Å². The van der Waals surface area contributed by atoms with Crippen LogP contribution < -0.4 is 11.5 Å². The van der Waals surface area contributed by atoms with Gasteiger partial charge >= 0.3 is 0 Å². The first-order valence-electron chi connectivity index (χ1n) is 3.29. The van der Waals surface area contributed by atoms with Gasteiger partial charge in [0.05, 0.1) is 0 Å². The van der Waals surface area contributed by atoms with E-state index in [1.54, 1.807) is 0 Å². The third-order valence-electron chi connectivity index (χ3n) is 1.59. The highest BCUT2D eigenvalue weighted by molar-refractivity contribution is 9.09. The molecule has 0 aromatic carbocycles. The topological polar surface area (TPSA) is 52.0 Å². The van der Waals surface area contributed by atoms with E-state index in [9.17, 15) is 0 Å². The zero-order valence-electron chi connectivity index (χ0n) is 5.95. The molecule has 4 heteroatoms. The molecule has 0 heterocycles. The van der Waals surface area contributed by atoms with Crippen molar-refractivity contribution in [3.05, 3.63) is 0 Å². The van der Waals surface area contributed by atoms with Crippen LogP contribution in [0.2, 0.25) is 0 Å². The van der Waals surface area contributed by atoms with Gasteiger partial charge in [-0.25, -0.2) is 0 Å². The smallest absolute Gasteiger partial charge is 0.0294 e. The molecule has 0 saturated carbocycles. The fraction of sp³-hybridized carbons (Fsp3) is 1.00. The molecule has 0 aliphatic heterocycles. The summed E-state index contributed by atoms with van der Waals surface area (Å²) in [5, 5.41) is 1.85. The largest absolute Gasteiger partial charge is 0.329 e. The van der Waals surface area contributed by atoms with E-state index >= 15 is 0 Å². The van der Waals surface area contributed by atoms with E-state index in [2.05, 4.69) is 31.9 Å². The van der Waals surface area contributed by atoms with E-state index in [1.807, 2.05) is 0 Å². The fourth-order valence-electron chi connectivity index (χ4n) is 0.705. The van der Waals surface area contributed by atoms with Crippen LogP contribution in [-0.4, -0.2) is 22.7 Å². The summed E-state index contributed by atoms with van der Waals surface area (Å²) < 4.78 is 0. The summed E-state index contributed by atoms with van der Waals surface area (Å²) in [6.45, 7) is 0.560. The van der Waals surface area contributed by atoms with Crippen molar-refractivity contribution in [2.75, 3.05) is 17.2 Å². The first-order valence-corrected chi connectivity index (χ1v) is 5.54. The third-order valence-corrected chi connectivity index (χ3v) is 2.38. The van der Waals surface area contributed by atoms with Gasteiger partial charge in [-0.3, -0.25) is 0 Å². The maximum atomic E-state index is 5.93. The molecule has 0 spiro atoms. The van der Waals surface area contributed by atoms with E-state index in [1.165, 1.54) is 0 Å². The fourth-order valence-corrected chi connectivity index (χ4v) is 2.28. The molecule has 0 rings (SSSR count). The maximum Gasteiger partial charge on any atom is 0.0294 e. The second-order valence-corrected chi connectivity index (χ2v) is 4.03. The molecule has 0 radical (unpaired) electrons. The van der Waals surface area contributed by atoms with Crippen LogP contribution in [0, 0.1) is 0 Å². The minimum Gasteiger partial charge on any atom is -0.329 e. The number of rotatable bonds is 5. The lowest BCUT2D eigenvalue weighted by atomic mass is 9.95. The zero-order chi connectivity index (χ0) is 8.04. The highest BCUT2D eigenvalue weighted by atomic mass is 79.9. The molecule has 2 nitrogen and oxygen atoms in total. The van der Waals surface area contributed by atoms with Crippen molar-refractivity contribution in [3.8, 4) is 0 Å². The normalized spacial score (nSPS) is 12.0. The Kier molecular flexibility index (Phi) is 6.01. The zero-order valence-corrected chi connectivity index (χ0v) is 9.12. The molecule has 0 aliphatic rings. The van der Waals surface area contributed by atoms with E-state index in [-0.39, 0.29) is 5.54 Å². The Morgan fingerprint density at radius 3 is 1.70 bits per heavy atom. The van der Waals surface area contributed by atoms with E-state index in [0.717, 1.165) is 23.5 Å². The van der Waals surface area contributed by atoms with Crippen LogP contribution in [0.4, 0.5) is 0 Å². The van der Waals surface area contributed by atoms with Gasteiger partial charge in [-0.15, -0.1) is 0 Å². The summed E-state index contributed by atoms with van der Waals surface area (Å²) in [5.41, 5.74) is 11.3. The minimum absolute atomic E-state index is 0.174. The van der Waals surface area contributed by atoms with Crippen LogP contribution in [0.25, 0.3) is 0 Å². The van der Waals surface area contributed by atoms with Crippen molar-refractivity contribution >= 4 is 31.9 Å². The Morgan fingerprint density at radius 1 is 1.10 bits per heavy atom. The lowest BCUT2D eigenvalue weighted by Gasteiger charge is -2.25. The number of alkyl halides is 2. The average molecular weight is 274 g/mol. The highest BCUT2D eigenvalue weighted by Gasteiger charge is 2.20. The Balaban J connectivity index is 3.69. The van der Waals surface area contributed by atoms with Crippen LogP contribution in [-0.2, 0) is 0 Å². The van der Waals surface area contributed by atoms with Gasteiger partial charge < -0.3 is 11.5 Å². The molecule has 0 fully saturated rings. The number of hydrogen-bond donors (Lipinski definition) is 2. The predicted octanol–water partition coefficient (Wildman–Crippen LogP) is 1.21. The first kappa shape index (κ1) is 10.9. The summed E-state index contributed by atoms with van der Waals surface area (Å²) in [7, 11) is 0. The van der Waals surface area contributed by atoms with Gasteiger partial charge in [-0.2, -0.15) is 0 Å². The lowest BCUT2D eigenvalue weighted by molar-refractivity contribution is 0.415. The van der Waals surface area contributed by atoms with Crippen LogP contribution in [0.15, 0.2) is 0 Å². The Bertz CT molecular complexity index is 81.8. The second-order valence-electron chi connectivity index (χ2n) is 2.44. The predicted molar refractivity (Wildman–Crippen MR) is 52.8 cm³/mol. The Hall–Kier alpha value is 0.880. The average Bonchev–Trinajstić information content (AvgIpc) is 1.89. The molecule has 0 amide bonds. The molecule has 0 aromatic rings. The van der Waals surface area contributed by atoms with Crippen LogP contribution in [0.3, 0.4) is 0 Å². The van der Waals surface area contributed by atoms with Crippen LogP contribution in [0.5, 0.6) is 0 Å². The van der Waals surface area contributed by atoms with Gasteiger partial charge in [0, 0.05) is 22.7 Å². The molecule has 0 unspecified atom stereocenters. The molecule has 0 bridgehead atoms. The molecule has 4 N–H and O–H groups in total. The van der Waals surface area contributed by atoms with Crippen molar-refractivity contribution in [2.24, 2.45) is 11.5 Å². The van der Waals surface area contributed by atoms with Crippen molar-refractivity contribution in [3.63, 3.8) is 0 Å². The summed E-state index contributed by atoms with van der Waals surface area (Å²) in [5.74, 6) is 0. The maximum absolute atomic E-state index is 5.93. The molecule has 0 aromatic heterocycles. The Labute approximate surface area is 79.0 Å². The SMILES string of the molecule is NCC(N)(CCBr)CCBr. The lowest BCUT2D eigenvalue weighted by Crippen LogP contribution is -2.47. The minimum atomic E-state index is -0.174. The van der Waals surface area contributed by atoms with Crippen molar-refractivity contribution in [1.29, 1.82) is 0 Å². The van der Waals surface area contributed by atoms with E-state index in [0.29, 0.717) is 6.54 Å². The standard InChI is InChI=1S/C6H14Br2N2/c7-3-1-6(10,5-9)2-4-8/h1-5,9-10H2. The second kappa shape index (κ2) is 5.52. The molecular formula is C6H14Br2N2. The van der Waals surface area contributed by atoms with Gasteiger partial charge in [0.1, 0.15) is 0 Å². The summed E-state index contributed by atoms with van der Waals surface area (Å²) in [4.78, 5) is 0. The molecule has 0 aliphatic carbocycles. The third kappa shape index (κ3) is 3.91. The summed E-state index contributed by atoms with van der Waals surface area (Å²) in [6, 6.07) is 0. The van der Waals surface area contributed by atoms with Crippen LogP contribution in [0.1, 0.15) is 12.8 Å². The first-order chi connectivity index (χ1) is 4.68. The van der Waals surface area contributed by atoms with Gasteiger partial charge in [0.25, 0.3) is 0 Å². The molecule has 0 atom stereocenters. The summed E-state index contributed by atoms with van der Waals surface area (Å²) in [6.07, 6.45) is 1.88. The number of hydrogen-bond acceptors (Lipinski definition) is 2. The van der Waals surface area contributed by atoms with Crippen molar-refractivity contribution in [2.45, 2.75) is 18.4 Å². The molecule has 0 saturated heterocycles. The van der Waals surface area contributed by atoms with E-state index < -0.39 is 0 Å². The number of halogens is 2. The quantitative estimate of drug-likeness (QED) is 0.740. The molecule has 62 valence electrons. The van der Waals surface area contributed by atoms with Gasteiger partial charge in [0.2, 0.25) is 0 Å².